The molecule has 0 bridgehead atoms. The molecule has 0 spiro atoms. The quantitative estimate of drug-likeness (QED) is 0.698. The van der Waals surface area contributed by atoms with E-state index in [9.17, 15) is 4.79 Å². The van der Waals surface area contributed by atoms with Gasteiger partial charge in [0.2, 0.25) is 0 Å². The van der Waals surface area contributed by atoms with Crippen LogP contribution in [0.3, 0.4) is 0 Å². The number of benzene rings is 1. The largest absolute Gasteiger partial charge is 0.337 e. The standard InChI is InChI=1S/C21H22N4O.2ClH/c1-22-16-5-4-12-25(14-16)21(26)18-13-20(15-8-10-23-11-9-15)24-19-7-3-2-6-17(18)19;;/h2-3,6-11,13,16,22H,4-5,12,14H2,1H3;2*1H. The molecule has 2 aromatic heterocycles. The van der Waals surface area contributed by atoms with E-state index >= 15 is 0 Å². The molecule has 4 rings (SSSR count). The molecule has 148 valence electrons. The average Bonchev–Trinajstić information content (AvgIpc) is 2.73. The molecule has 0 aliphatic carbocycles. The number of carbonyl (C=O) groups excluding carboxylic acids is 1. The lowest BCUT2D eigenvalue weighted by molar-refractivity contribution is 0.0700. The number of nitrogens with zero attached hydrogens (tertiary/aromatic N) is 3. The number of amides is 1. The Kier molecular flexibility index (Phi) is 7.75. The van der Waals surface area contributed by atoms with Crippen molar-refractivity contribution in [2.24, 2.45) is 0 Å². The van der Waals surface area contributed by atoms with E-state index in [4.69, 9.17) is 4.98 Å². The first kappa shape index (κ1) is 22.1. The highest BCUT2D eigenvalue weighted by molar-refractivity contribution is 6.07. The first-order valence-electron chi connectivity index (χ1n) is 9.03. The zero-order chi connectivity index (χ0) is 17.9. The molecule has 1 aromatic carbocycles. The van der Waals surface area contributed by atoms with Crippen LogP contribution in [0, 0.1) is 0 Å². The van der Waals surface area contributed by atoms with Crippen molar-refractivity contribution in [1.29, 1.82) is 0 Å². The number of likely N-dealkylation sites (N-methyl/N-ethyl adjacent to an activating group) is 1. The van der Waals surface area contributed by atoms with Crippen LogP contribution in [0.4, 0.5) is 0 Å². The Balaban J connectivity index is 0.00000140. The predicted molar refractivity (Wildman–Crippen MR) is 117 cm³/mol. The molecule has 0 radical (unpaired) electrons. The molecule has 0 saturated carbocycles. The fraction of sp³-hybridized carbons (Fsp3) is 0.286. The Bertz CT molecular complexity index is 936. The van der Waals surface area contributed by atoms with Crippen molar-refractivity contribution in [2.75, 3.05) is 20.1 Å². The molecule has 1 amide bonds. The third-order valence-corrected chi connectivity index (χ3v) is 5.04. The van der Waals surface area contributed by atoms with Crippen LogP contribution < -0.4 is 5.32 Å². The molecule has 28 heavy (non-hydrogen) atoms. The van der Waals surface area contributed by atoms with Crippen LogP contribution in [0.15, 0.2) is 54.9 Å². The lowest BCUT2D eigenvalue weighted by Crippen LogP contribution is -2.47. The summed E-state index contributed by atoms with van der Waals surface area (Å²) in [7, 11) is 1.96. The number of nitrogens with one attached hydrogen (secondary N) is 1. The van der Waals surface area contributed by atoms with Crippen LogP contribution in [0.1, 0.15) is 23.2 Å². The number of para-hydroxylation sites is 1. The zero-order valence-electron chi connectivity index (χ0n) is 15.7. The summed E-state index contributed by atoms with van der Waals surface area (Å²) >= 11 is 0. The third-order valence-electron chi connectivity index (χ3n) is 5.04. The van der Waals surface area contributed by atoms with Gasteiger partial charge in [-0.25, -0.2) is 4.98 Å². The minimum Gasteiger partial charge on any atom is -0.337 e. The van der Waals surface area contributed by atoms with Crippen LogP contribution in [0.2, 0.25) is 0 Å². The minimum atomic E-state index is 0. The Labute approximate surface area is 177 Å². The van der Waals surface area contributed by atoms with Gasteiger partial charge in [-0.1, -0.05) is 18.2 Å². The number of hydrogen-bond acceptors (Lipinski definition) is 4. The zero-order valence-corrected chi connectivity index (χ0v) is 17.3. The Morgan fingerprint density at radius 2 is 1.89 bits per heavy atom. The summed E-state index contributed by atoms with van der Waals surface area (Å²) < 4.78 is 0. The minimum absolute atomic E-state index is 0. The lowest BCUT2D eigenvalue weighted by Gasteiger charge is -2.33. The number of rotatable bonds is 3. The second-order valence-corrected chi connectivity index (χ2v) is 6.69. The molecule has 1 N–H and O–H groups in total. The van der Waals surface area contributed by atoms with Crippen LogP contribution >= 0.6 is 24.8 Å². The molecule has 1 atom stereocenters. The number of fused-ring (bicyclic) bond motifs is 1. The second kappa shape index (κ2) is 9.82. The lowest BCUT2D eigenvalue weighted by atomic mass is 10.0. The molecule has 3 aromatic rings. The molecule has 1 aliphatic heterocycles. The van der Waals surface area contributed by atoms with Crippen molar-refractivity contribution in [1.82, 2.24) is 20.2 Å². The summed E-state index contributed by atoms with van der Waals surface area (Å²) in [6.07, 6.45) is 5.63. The van der Waals surface area contributed by atoms with Crippen LogP contribution in [0.25, 0.3) is 22.2 Å². The molecule has 7 heteroatoms. The van der Waals surface area contributed by atoms with Crippen LogP contribution in [-0.2, 0) is 0 Å². The van der Waals surface area contributed by atoms with Gasteiger partial charge in [0.1, 0.15) is 0 Å². The van der Waals surface area contributed by atoms with Gasteiger partial charge in [-0.3, -0.25) is 9.78 Å². The molecule has 1 fully saturated rings. The van der Waals surface area contributed by atoms with Gasteiger partial charge in [-0.05, 0) is 44.2 Å². The highest BCUT2D eigenvalue weighted by Gasteiger charge is 2.25. The Morgan fingerprint density at radius 3 is 2.64 bits per heavy atom. The monoisotopic (exact) mass is 418 g/mol. The van der Waals surface area contributed by atoms with Crippen molar-refractivity contribution in [3.63, 3.8) is 0 Å². The average molecular weight is 419 g/mol. The van der Waals surface area contributed by atoms with E-state index in [0.717, 1.165) is 53.7 Å². The van der Waals surface area contributed by atoms with Crippen LogP contribution in [-0.4, -0.2) is 47.0 Å². The van der Waals surface area contributed by atoms with E-state index in [-0.39, 0.29) is 30.7 Å². The molecular formula is C21H24Cl2N4O. The maximum Gasteiger partial charge on any atom is 0.254 e. The molecule has 3 heterocycles. The van der Waals surface area contributed by atoms with Gasteiger partial charge < -0.3 is 10.2 Å². The van der Waals surface area contributed by atoms with Crippen molar-refractivity contribution in [3.8, 4) is 11.3 Å². The summed E-state index contributed by atoms with van der Waals surface area (Å²) in [5, 5.41) is 4.21. The highest BCUT2D eigenvalue weighted by atomic mass is 35.5. The van der Waals surface area contributed by atoms with Gasteiger partial charge >= 0.3 is 0 Å². The predicted octanol–water partition coefficient (Wildman–Crippen LogP) is 3.96. The van der Waals surface area contributed by atoms with E-state index in [0.29, 0.717) is 6.04 Å². The second-order valence-electron chi connectivity index (χ2n) is 6.69. The molecule has 1 saturated heterocycles. The molecule has 5 nitrogen and oxygen atoms in total. The number of pyridine rings is 2. The molecule has 1 aliphatic rings. The van der Waals surface area contributed by atoms with E-state index in [1.807, 2.05) is 54.4 Å². The maximum atomic E-state index is 13.3. The topological polar surface area (TPSA) is 58.1 Å². The smallest absolute Gasteiger partial charge is 0.254 e. The van der Waals surface area contributed by atoms with Crippen molar-refractivity contribution >= 4 is 41.6 Å². The molecule has 1 unspecified atom stereocenters. The van der Waals surface area contributed by atoms with Crippen molar-refractivity contribution in [3.05, 3.63) is 60.4 Å². The summed E-state index contributed by atoms with van der Waals surface area (Å²) in [6.45, 7) is 1.55. The SMILES string of the molecule is CNC1CCCN(C(=O)c2cc(-c3ccncc3)nc3ccccc23)C1.Cl.Cl. The normalized spacial score (nSPS) is 16.2. The fourth-order valence-electron chi connectivity index (χ4n) is 3.59. The van der Waals surface area contributed by atoms with Gasteiger partial charge in [-0.15, -0.1) is 24.8 Å². The van der Waals surface area contributed by atoms with E-state index in [2.05, 4.69) is 10.3 Å². The first-order valence-corrected chi connectivity index (χ1v) is 9.03. The third kappa shape index (κ3) is 4.43. The summed E-state index contributed by atoms with van der Waals surface area (Å²) in [6, 6.07) is 14.0. The maximum absolute atomic E-state index is 13.3. The van der Waals surface area contributed by atoms with Crippen LogP contribution in [0.5, 0.6) is 0 Å². The number of piperidine rings is 1. The molecular weight excluding hydrogens is 395 g/mol. The van der Waals surface area contributed by atoms with Gasteiger partial charge in [0.05, 0.1) is 16.8 Å². The number of carbonyl (C=O) groups is 1. The van der Waals surface area contributed by atoms with E-state index in [1.54, 1.807) is 12.4 Å². The van der Waals surface area contributed by atoms with Gasteiger partial charge in [0.15, 0.2) is 0 Å². The highest BCUT2D eigenvalue weighted by Crippen LogP contribution is 2.26. The van der Waals surface area contributed by atoms with Gasteiger partial charge in [-0.2, -0.15) is 0 Å². The number of aromatic nitrogens is 2. The first-order chi connectivity index (χ1) is 12.8. The number of hydrogen-bond donors (Lipinski definition) is 1. The fourth-order valence-corrected chi connectivity index (χ4v) is 3.59. The summed E-state index contributed by atoms with van der Waals surface area (Å²) in [5.41, 5.74) is 3.33. The van der Waals surface area contributed by atoms with E-state index < -0.39 is 0 Å². The Hall–Kier alpha value is -2.21. The van der Waals surface area contributed by atoms with E-state index in [1.165, 1.54) is 0 Å². The summed E-state index contributed by atoms with van der Waals surface area (Å²) in [5.74, 6) is 0.0823. The van der Waals surface area contributed by atoms with Gasteiger partial charge in [0, 0.05) is 42.5 Å². The number of likely N-dealkylation sites (tertiary alicyclic amines) is 1. The van der Waals surface area contributed by atoms with Crippen molar-refractivity contribution in [2.45, 2.75) is 18.9 Å². The van der Waals surface area contributed by atoms with Crippen molar-refractivity contribution < 1.29 is 4.79 Å². The number of halogens is 2. The van der Waals surface area contributed by atoms with Gasteiger partial charge in [0.25, 0.3) is 5.91 Å². The Morgan fingerprint density at radius 1 is 1.14 bits per heavy atom. The summed E-state index contributed by atoms with van der Waals surface area (Å²) in [4.78, 5) is 24.1.